The van der Waals surface area contributed by atoms with E-state index in [1.165, 1.54) is 17.2 Å². The van der Waals surface area contributed by atoms with E-state index in [2.05, 4.69) is 17.6 Å². The summed E-state index contributed by atoms with van der Waals surface area (Å²) in [6.07, 6.45) is 1.76. The minimum Gasteiger partial charge on any atom is -0.311 e. The first kappa shape index (κ1) is 9.45. The van der Waals surface area contributed by atoms with Crippen LogP contribution in [0.3, 0.4) is 0 Å². The number of carbonyl (C=O) groups is 1. The number of thiol groups is 1. The van der Waals surface area contributed by atoms with Gasteiger partial charge < -0.3 is 4.90 Å². The lowest BCUT2D eigenvalue weighted by Gasteiger charge is -2.15. The molecule has 0 N–H and O–H groups in total. The lowest BCUT2D eigenvalue weighted by molar-refractivity contribution is -0.117. The molecule has 0 saturated carbocycles. The Morgan fingerprint density at radius 3 is 3.00 bits per heavy atom. The number of carbonyl (C=O) groups excluding carboxylic acids is 1. The molecule has 74 valence electrons. The van der Waals surface area contributed by atoms with Crippen LogP contribution in [0.2, 0.25) is 0 Å². The third kappa shape index (κ3) is 1.72. The molecule has 1 aromatic heterocycles. The zero-order chi connectivity index (χ0) is 10.1. The standard InChI is InChI=1S/C9H9FN2OS/c10-8-3-6(1-2-11-8)12-5-7(14)4-9(12)13/h1-3,7,14H,4-5H2/t7-/m0/s1. The van der Waals surface area contributed by atoms with Crippen LogP contribution < -0.4 is 4.90 Å². The smallest absolute Gasteiger partial charge is 0.228 e. The zero-order valence-electron chi connectivity index (χ0n) is 7.35. The average molecular weight is 212 g/mol. The summed E-state index contributed by atoms with van der Waals surface area (Å²) in [6.45, 7) is 0.533. The van der Waals surface area contributed by atoms with Gasteiger partial charge in [0, 0.05) is 36.2 Å². The van der Waals surface area contributed by atoms with E-state index in [1.807, 2.05) is 0 Å². The van der Waals surface area contributed by atoms with Crippen LogP contribution in [-0.2, 0) is 4.79 Å². The predicted molar refractivity (Wildman–Crippen MR) is 53.9 cm³/mol. The number of pyridine rings is 1. The fourth-order valence-electron chi connectivity index (χ4n) is 1.50. The molecule has 1 saturated heterocycles. The number of aromatic nitrogens is 1. The van der Waals surface area contributed by atoms with Gasteiger partial charge in [0.1, 0.15) is 0 Å². The molecular weight excluding hydrogens is 203 g/mol. The molecule has 1 aliphatic rings. The van der Waals surface area contributed by atoms with Crippen molar-refractivity contribution in [2.24, 2.45) is 0 Å². The first-order valence-corrected chi connectivity index (χ1v) is 4.78. The van der Waals surface area contributed by atoms with Crippen LogP contribution in [-0.4, -0.2) is 22.7 Å². The van der Waals surface area contributed by atoms with Crippen LogP contribution in [0.1, 0.15) is 6.42 Å². The van der Waals surface area contributed by atoms with Crippen LogP contribution in [0.5, 0.6) is 0 Å². The third-order valence-corrected chi connectivity index (χ3v) is 2.47. The van der Waals surface area contributed by atoms with Gasteiger partial charge in [-0.15, -0.1) is 0 Å². The summed E-state index contributed by atoms with van der Waals surface area (Å²) in [6, 6.07) is 2.87. The first-order valence-electron chi connectivity index (χ1n) is 4.27. The third-order valence-electron chi connectivity index (χ3n) is 2.13. The van der Waals surface area contributed by atoms with Crippen molar-refractivity contribution >= 4 is 24.2 Å². The second kappa shape index (κ2) is 3.57. The molecule has 14 heavy (non-hydrogen) atoms. The van der Waals surface area contributed by atoms with Gasteiger partial charge in [-0.05, 0) is 6.07 Å². The average Bonchev–Trinajstić information content (AvgIpc) is 2.45. The summed E-state index contributed by atoms with van der Waals surface area (Å²) >= 11 is 4.22. The molecular formula is C9H9FN2OS. The lowest BCUT2D eigenvalue weighted by Crippen LogP contribution is -2.24. The molecule has 0 bridgehead atoms. The SMILES string of the molecule is O=C1C[C@H](S)CN1c1ccnc(F)c1. The number of rotatable bonds is 1. The second-order valence-electron chi connectivity index (χ2n) is 3.20. The van der Waals surface area contributed by atoms with Gasteiger partial charge in [-0.25, -0.2) is 4.98 Å². The molecule has 0 aliphatic carbocycles. The number of nitrogens with zero attached hydrogens (tertiary/aromatic N) is 2. The minimum atomic E-state index is -0.571. The monoisotopic (exact) mass is 212 g/mol. The Morgan fingerprint density at radius 1 is 1.64 bits per heavy atom. The molecule has 1 aliphatic heterocycles. The van der Waals surface area contributed by atoms with Gasteiger partial charge in [0.15, 0.2) is 0 Å². The van der Waals surface area contributed by atoms with Crippen LogP contribution in [0, 0.1) is 5.95 Å². The molecule has 3 nitrogen and oxygen atoms in total. The van der Waals surface area contributed by atoms with Gasteiger partial charge in [-0.2, -0.15) is 17.0 Å². The van der Waals surface area contributed by atoms with Gasteiger partial charge in [-0.3, -0.25) is 4.79 Å². The highest BCUT2D eigenvalue weighted by Gasteiger charge is 2.28. The molecule has 0 unspecified atom stereocenters. The molecule has 2 rings (SSSR count). The topological polar surface area (TPSA) is 33.2 Å². The van der Waals surface area contributed by atoms with Crippen LogP contribution in [0.15, 0.2) is 18.3 Å². The number of hydrogen-bond acceptors (Lipinski definition) is 3. The highest BCUT2D eigenvalue weighted by atomic mass is 32.1. The molecule has 1 atom stereocenters. The fourth-order valence-corrected chi connectivity index (χ4v) is 1.82. The molecule has 1 fully saturated rings. The Hall–Kier alpha value is -1.10. The largest absolute Gasteiger partial charge is 0.311 e. The summed E-state index contributed by atoms with van der Waals surface area (Å²) < 4.78 is 12.8. The van der Waals surface area contributed by atoms with Crippen molar-refractivity contribution in [1.29, 1.82) is 0 Å². The number of anilines is 1. The maximum Gasteiger partial charge on any atom is 0.228 e. The van der Waals surface area contributed by atoms with Crippen molar-refractivity contribution in [1.82, 2.24) is 4.98 Å². The molecule has 0 aromatic carbocycles. The van der Waals surface area contributed by atoms with E-state index in [0.717, 1.165) is 0 Å². The van der Waals surface area contributed by atoms with Crippen LogP contribution in [0.4, 0.5) is 10.1 Å². The molecule has 0 radical (unpaired) electrons. The number of hydrogen-bond donors (Lipinski definition) is 1. The quantitative estimate of drug-likeness (QED) is 0.561. The summed E-state index contributed by atoms with van der Waals surface area (Å²) in [4.78, 5) is 16.4. The van der Waals surface area contributed by atoms with Gasteiger partial charge in [0.25, 0.3) is 0 Å². The first-order chi connectivity index (χ1) is 6.66. The normalized spacial score (nSPS) is 21.7. The van der Waals surface area contributed by atoms with Crippen molar-refractivity contribution < 1.29 is 9.18 Å². The molecule has 1 aromatic rings. The fraction of sp³-hybridized carbons (Fsp3) is 0.333. The van der Waals surface area contributed by atoms with Gasteiger partial charge in [0.2, 0.25) is 11.9 Å². The summed E-state index contributed by atoms with van der Waals surface area (Å²) in [5.41, 5.74) is 0.555. The Balaban J connectivity index is 2.27. The maximum atomic E-state index is 12.8. The van der Waals surface area contributed by atoms with E-state index >= 15 is 0 Å². The Morgan fingerprint density at radius 2 is 2.43 bits per heavy atom. The van der Waals surface area contributed by atoms with E-state index in [-0.39, 0.29) is 11.2 Å². The van der Waals surface area contributed by atoms with Crippen molar-refractivity contribution in [3.05, 3.63) is 24.3 Å². The van der Waals surface area contributed by atoms with E-state index in [0.29, 0.717) is 18.7 Å². The summed E-state index contributed by atoms with van der Waals surface area (Å²) in [5.74, 6) is -0.589. The van der Waals surface area contributed by atoms with Crippen LogP contribution >= 0.6 is 12.6 Å². The van der Waals surface area contributed by atoms with E-state index in [9.17, 15) is 9.18 Å². The molecule has 0 spiro atoms. The van der Waals surface area contributed by atoms with Crippen molar-refractivity contribution in [2.45, 2.75) is 11.7 Å². The Kier molecular flexibility index (Phi) is 2.41. The van der Waals surface area contributed by atoms with Crippen molar-refractivity contribution in [3.8, 4) is 0 Å². The molecule has 5 heteroatoms. The van der Waals surface area contributed by atoms with Gasteiger partial charge in [0.05, 0.1) is 0 Å². The Bertz CT molecular complexity index is 372. The van der Waals surface area contributed by atoms with Crippen molar-refractivity contribution in [3.63, 3.8) is 0 Å². The van der Waals surface area contributed by atoms with E-state index in [4.69, 9.17) is 0 Å². The van der Waals surface area contributed by atoms with Gasteiger partial charge >= 0.3 is 0 Å². The van der Waals surface area contributed by atoms with Gasteiger partial charge in [-0.1, -0.05) is 0 Å². The maximum absolute atomic E-state index is 12.8. The molecule has 1 amide bonds. The van der Waals surface area contributed by atoms with E-state index in [1.54, 1.807) is 6.07 Å². The number of halogens is 1. The number of amides is 1. The Labute approximate surface area is 86.3 Å². The van der Waals surface area contributed by atoms with Crippen molar-refractivity contribution in [2.75, 3.05) is 11.4 Å². The summed E-state index contributed by atoms with van der Waals surface area (Å²) in [7, 11) is 0. The predicted octanol–water partition coefficient (Wildman–Crippen LogP) is 1.26. The highest BCUT2D eigenvalue weighted by Crippen LogP contribution is 2.23. The summed E-state index contributed by atoms with van der Waals surface area (Å²) in [5, 5.41) is 0.0405. The lowest BCUT2D eigenvalue weighted by atomic mass is 10.3. The molecule has 2 heterocycles. The minimum absolute atomic E-state index is 0.0180. The van der Waals surface area contributed by atoms with E-state index < -0.39 is 5.95 Å². The highest BCUT2D eigenvalue weighted by molar-refractivity contribution is 7.81. The van der Waals surface area contributed by atoms with Crippen LogP contribution in [0.25, 0.3) is 0 Å². The second-order valence-corrected chi connectivity index (χ2v) is 3.93. The zero-order valence-corrected chi connectivity index (χ0v) is 8.25.